The molecule has 0 bridgehead atoms. The summed E-state index contributed by atoms with van der Waals surface area (Å²) in [5.74, 6) is 1.06. The smallest absolute Gasteiger partial charge is 0.227 e. The number of aromatic nitrogens is 1. The highest BCUT2D eigenvalue weighted by Crippen LogP contribution is 2.33. The van der Waals surface area contributed by atoms with Gasteiger partial charge in [0.05, 0.1) is 5.92 Å². The number of hydrogen-bond donors (Lipinski definition) is 0. The first kappa shape index (κ1) is 14.8. The summed E-state index contributed by atoms with van der Waals surface area (Å²) in [6, 6.07) is 8.28. The molecule has 0 spiro atoms. The Labute approximate surface area is 140 Å². The van der Waals surface area contributed by atoms with Gasteiger partial charge in [0.1, 0.15) is 0 Å². The van der Waals surface area contributed by atoms with Gasteiger partial charge in [-0.05, 0) is 41.5 Å². The van der Waals surface area contributed by atoms with E-state index in [0.717, 1.165) is 39.1 Å². The molecule has 0 saturated carbocycles. The lowest BCUT2D eigenvalue weighted by molar-refractivity contribution is -0.140. The molecule has 5 heteroatoms. The van der Waals surface area contributed by atoms with Crippen molar-refractivity contribution in [1.29, 1.82) is 0 Å². The second-order valence-electron chi connectivity index (χ2n) is 6.54. The molecule has 2 saturated heterocycles. The fourth-order valence-corrected chi connectivity index (χ4v) is 4.56. The summed E-state index contributed by atoms with van der Waals surface area (Å²) in [5.41, 5.74) is 1.17. The first-order chi connectivity index (χ1) is 11.3. The topological polar surface area (TPSA) is 36.4 Å². The normalized spacial score (nSPS) is 24.9. The zero-order valence-electron chi connectivity index (χ0n) is 13.1. The average molecular weight is 327 g/mol. The Morgan fingerprint density at radius 1 is 1.17 bits per heavy atom. The van der Waals surface area contributed by atoms with E-state index in [2.05, 4.69) is 27.4 Å². The van der Waals surface area contributed by atoms with Crippen molar-refractivity contribution in [3.63, 3.8) is 0 Å². The Morgan fingerprint density at radius 3 is 2.83 bits per heavy atom. The molecule has 23 heavy (non-hydrogen) atoms. The van der Waals surface area contributed by atoms with Gasteiger partial charge in [0, 0.05) is 50.0 Å². The summed E-state index contributed by atoms with van der Waals surface area (Å²) in [4.78, 5) is 22.8. The van der Waals surface area contributed by atoms with Gasteiger partial charge in [-0.25, -0.2) is 0 Å². The van der Waals surface area contributed by atoms with E-state index < -0.39 is 0 Å². The van der Waals surface area contributed by atoms with Gasteiger partial charge in [0.15, 0.2) is 0 Å². The summed E-state index contributed by atoms with van der Waals surface area (Å²) in [5, 5.41) is 2.13. The van der Waals surface area contributed by atoms with E-state index in [0.29, 0.717) is 11.8 Å². The monoisotopic (exact) mass is 327 g/mol. The van der Waals surface area contributed by atoms with Crippen molar-refractivity contribution in [2.45, 2.75) is 19.5 Å². The molecule has 0 aliphatic carbocycles. The van der Waals surface area contributed by atoms with E-state index in [1.165, 1.54) is 10.4 Å². The maximum Gasteiger partial charge on any atom is 0.227 e. The fourth-order valence-electron chi connectivity index (χ4n) is 3.82. The molecule has 4 nitrogen and oxygen atoms in total. The fraction of sp³-hybridized carbons (Fsp3) is 0.444. The van der Waals surface area contributed by atoms with Crippen LogP contribution in [0.1, 0.15) is 16.9 Å². The molecule has 4 rings (SSSR count). The van der Waals surface area contributed by atoms with Crippen molar-refractivity contribution in [2.75, 3.05) is 19.6 Å². The van der Waals surface area contributed by atoms with Crippen molar-refractivity contribution in [1.82, 2.24) is 14.8 Å². The van der Waals surface area contributed by atoms with Crippen LogP contribution in [0.25, 0.3) is 0 Å². The maximum atomic E-state index is 12.8. The highest BCUT2D eigenvalue weighted by atomic mass is 32.1. The van der Waals surface area contributed by atoms with Gasteiger partial charge in [0.2, 0.25) is 5.91 Å². The Bertz CT molecular complexity index is 658. The van der Waals surface area contributed by atoms with E-state index in [1.54, 1.807) is 23.7 Å². The molecule has 120 valence electrons. The SMILES string of the molecule is O=C1C2CN(Cc3cccs3)CC2CCN1Cc1ccncc1. The van der Waals surface area contributed by atoms with Gasteiger partial charge in [-0.2, -0.15) is 0 Å². The van der Waals surface area contributed by atoms with Crippen LogP contribution in [0.15, 0.2) is 42.0 Å². The van der Waals surface area contributed by atoms with Crippen molar-refractivity contribution < 1.29 is 4.79 Å². The van der Waals surface area contributed by atoms with Crippen LogP contribution in [-0.2, 0) is 17.9 Å². The Morgan fingerprint density at radius 2 is 2.04 bits per heavy atom. The minimum Gasteiger partial charge on any atom is -0.338 e. The van der Waals surface area contributed by atoms with Crippen LogP contribution in [0.2, 0.25) is 0 Å². The highest BCUT2D eigenvalue weighted by Gasteiger charge is 2.42. The average Bonchev–Trinajstić information content (AvgIpc) is 3.21. The Hall–Kier alpha value is -1.72. The number of pyridine rings is 1. The zero-order valence-corrected chi connectivity index (χ0v) is 13.9. The molecular weight excluding hydrogens is 306 g/mol. The largest absolute Gasteiger partial charge is 0.338 e. The molecule has 2 fully saturated rings. The predicted molar refractivity (Wildman–Crippen MR) is 90.8 cm³/mol. The minimum atomic E-state index is 0.186. The van der Waals surface area contributed by atoms with E-state index in [1.807, 2.05) is 17.0 Å². The summed E-state index contributed by atoms with van der Waals surface area (Å²) in [7, 11) is 0. The lowest BCUT2D eigenvalue weighted by Gasteiger charge is -2.34. The lowest BCUT2D eigenvalue weighted by atomic mass is 9.88. The predicted octanol–water partition coefficient (Wildman–Crippen LogP) is 2.62. The van der Waals surface area contributed by atoms with Gasteiger partial charge in [-0.15, -0.1) is 11.3 Å². The maximum absolute atomic E-state index is 12.8. The van der Waals surface area contributed by atoms with Crippen LogP contribution >= 0.6 is 11.3 Å². The molecule has 4 heterocycles. The standard InChI is InChI=1S/C18H21N3OS/c22-18-17-13-20(12-16-2-1-9-23-16)11-15(17)5-8-21(18)10-14-3-6-19-7-4-14/h1-4,6-7,9,15,17H,5,8,10-13H2. The molecular formula is C18H21N3OS. The van der Waals surface area contributed by atoms with Crippen molar-refractivity contribution >= 4 is 17.2 Å². The van der Waals surface area contributed by atoms with Crippen LogP contribution in [0, 0.1) is 11.8 Å². The van der Waals surface area contributed by atoms with Gasteiger partial charge >= 0.3 is 0 Å². The summed E-state index contributed by atoms with van der Waals surface area (Å²) >= 11 is 1.80. The quantitative estimate of drug-likeness (QED) is 0.866. The molecule has 2 aliphatic rings. The summed E-state index contributed by atoms with van der Waals surface area (Å²) < 4.78 is 0. The number of fused-ring (bicyclic) bond motifs is 1. The number of nitrogens with zero attached hydrogens (tertiary/aromatic N) is 3. The number of carbonyl (C=O) groups is 1. The van der Waals surface area contributed by atoms with Gasteiger partial charge < -0.3 is 4.90 Å². The molecule has 1 amide bonds. The number of amides is 1. The van der Waals surface area contributed by atoms with Crippen LogP contribution in [0.4, 0.5) is 0 Å². The van der Waals surface area contributed by atoms with Crippen molar-refractivity contribution in [3.8, 4) is 0 Å². The molecule has 0 aromatic carbocycles. The second kappa shape index (κ2) is 6.42. The first-order valence-corrected chi connectivity index (χ1v) is 9.10. The molecule has 0 N–H and O–H groups in total. The number of piperidine rings is 1. The number of carbonyl (C=O) groups excluding carboxylic acids is 1. The number of likely N-dealkylation sites (tertiary alicyclic amines) is 2. The molecule has 2 aromatic rings. The van der Waals surface area contributed by atoms with Crippen LogP contribution in [0.5, 0.6) is 0 Å². The van der Waals surface area contributed by atoms with E-state index in [4.69, 9.17) is 0 Å². The first-order valence-electron chi connectivity index (χ1n) is 8.22. The third-order valence-electron chi connectivity index (χ3n) is 5.00. The lowest BCUT2D eigenvalue weighted by Crippen LogP contribution is -2.44. The third kappa shape index (κ3) is 3.16. The van der Waals surface area contributed by atoms with E-state index >= 15 is 0 Å². The summed E-state index contributed by atoms with van der Waals surface area (Å²) in [6.07, 6.45) is 4.72. The number of thiophene rings is 1. The third-order valence-corrected chi connectivity index (χ3v) is 5.86. The molecule has 2 atom stereocenters. The number of hydrogen-bond acceptors (Lipinski definition) is 4. The van der Waals surface area contributed by atoms with E-state index in [-0.39, 0.29) is 5.92 Å². The minimum absolute atomic E-state index is 0.186. The van der Waals surface area contributed by atoms with Gasteiger partial charge in [0.25, 0.3) is 0 Å². The van der Waals surface area contributed by atoms with Crippen molar-refractivity contribution in [3.05, 3.63) is 52.5 Å². The van der Waals surface area contributed by atoms with Crippen LogP contribution < -0.4 is 0 Å². The second-order valence-corrected chi connectivity index (χ2v) is 7.58. The van der Waals surface area contributed by atoms with Gasteiger partial charge in [-0.1, -0.05) is 6.07 Å². The zero-order chi connectivity index (χ0) is 15.6. The molecule has 2 aromatic heterocycles. The number of rotatable bonds is 4. The van der Waals surface area contributed by atoms with Gasteiger partial charge in [-0.3, -0.25) is 14.7 Å². The molecule has 2 unspecified atom stereocenters. The van der Waals surface area contributed by atoms with Crippen LogP contribution in [-0.4, -0.2) is 40.3 Å². The Kier molecular flexibility index (Phi) is 4.14. The molecule has 0 radical (unpaired) electrons. The summed E-state index contributed by atoms with van der Waals surface area (Å²) in [6.45, 7) is 4.57. The van der Waals surface area contributed by atoms with Crippen LogP contribution in [0.3, 0.4) is 0 Å². The van der Waals surface area contributed by atoms with E-state index in [9.17, 15) is 4.79 Å². The highest BCUT2D eigenvalue weighted by molar-refractivity contribution is 7.09. The molecule has 2 aliphatic heterocycles. The Balaban J connectivity index is 1.40. The van der Waals surface area contributed by atoms with Crippen molar-refractivity contribution in [2.24, 2.45) is 11.8 Å².